The predicted molar refractivity (Wildman–Crippen MR) is 166 cm³/mol. The van der Waals surface area contributed by atoms with Crippen molar-refractivity contribution in [1.82, 2.24) is 42.5 Å². The third kappa shape index (κ3) is 17.8. The van der Waals surface area contributed by atoms with Gasteiger partial charge in [-0.25, -0.2) is 4.79 Å². The molecule has 15 N–H and O–H groups in total. The molecule has 23 nitrogen and oxygen atoms in total. The molecule has 0 radical (unpaired) electrons. The van der Waals surface area contributed by atoms with E-state index < -0.39 is 98.2 Å². The second-order valence-electron chi connectivity index (χ2n) is 10.5. The van der Waals surface area contributed by atoms with Crippen LogP contribution in [0.2, 0.25) is 0 Å². The molecule has 4 atom stereocenters. The van der Waals surface area contributed by atoms with Crippen LogP contribution in [0.15, 0.2) is 4.99 Å². The lowest BCUT2D eigenvalue weighted by atomic mass is 10.1. The third-order valence-corrected chi connectivity index (χ3v) is 6.54. The highest BCUT2D eigenvalue weighted by Crippen LogP contribution is 2.04. The van der Waals surface area contributed by atoms with E-state index in [4.69, 9.17) is 26.8 Å². The molecule has 0 aromatic heterocycles. The van der Waals surface area contributed by atoms with Crippen LogP contribution in [0.5, 0.6) is 0 Å². The molecule has 0 aromatic carbocycles. The summed E-state index contributed by atoms with van der Waals surface area (Å²) in [4.78, 5) is 112. The highest BCUT2D eigenvalue weighted by atomic mass is 16.4. The number of nitrogens with zero attached hydrogens (tertiary/aromatic N) is 1. The maximum atomic E-state index is 12.9. The Kier molecular flexibility index (Phi) is 18.7. The average Bonchev–Trinajstić information content (AvgIpc) is 3.59. The van der Waals surface area contributed by atoms with Gasteiger partial charge in [-0.3, -0.25) is 43.3 Å². The number of aliphatic hydroxyl groups is 1. The topological polar surface area (TPSA) is 375 Å². The summed E-state index contributed by atoms with van der Waals surface area (Å²) in [7, 11) is 0. The summed E-state index contributed by atoms with van der Waals surface area (Å²) in [6.07, 6.45) is 0.639. The van der Waals surface area contributed by atoms with E-state index in [1.54, 1.807) is 0 Å². The largest absolute Gasteiger partial charge is 0.481 e. The summed E-state index contributed by atoms with van der Waals surface area (Å²) >= 11 is 0. The van der Waals surface area contributed by atoms with Gasteiger partial charge in [-0.2, -0.15) is 0 Å². The summed E-state index contributed by atoms with van der Waals surface area (Å²) in [6.45, 7) is -2.55. The molecule has 0 aromatic rings. The fourth-order valence-electron chi connectivity index (χ4n) is 4.08. The molecule has 0 bridgehead atoms. The Hall–Kier alpha value is -5.58. The fourth-order valence-corrected chi connectivity index (χ4v) is 4.08. The number of hydrogen-bond donors (Lipinski definition) is 13. The molecule has 1 fully saturated rings. The van der Waals surface area contributed by atoms with E-state index in [-0.39, 0.29) is 43.8 Å². The minimum Gasteiger partial charge on any atom is -0.481 e. The van der Waals surface area contributed by atoms with Crippen LogP contribution in [0, 0.1) is 0 Å². The summed E-state index contributed by atoms with van der Waals surface area (Å²) in [5.41, 5.74) is 10.6. The van der Waals surface area contributed by atoms with Crippen LogP contribution in [0.4, 0.5) is 0 Å². The molecular weight excluding hydrogens is 658 g/mol. The van der Waals surface area contributed by atoms with Gasteiger partial charge >= 0.3 is 11.9 Å². The van der Waals surface area contributed by atoms with E-state index in [0.29, 0.717) is 13.0 Å². The highest BCUT2D eigenvalue weighted by molar-refractivity contribution is 5.95. The summed E-state index contributed by atoms with van der Waals surface area (Å²) in [6, 6.07) is -5.22. The molecule has 1 aliphatic heterocycles. The zero-order valence-electron chi connectivity index (χ0n) is 26.4. The Bertz CT molecular complexity index is 1250. The lowest BCUT2D eigenvalue weighted by Crippen LogP contribution is -2.55. The second-order valence-corrected chi connectivity index (χ2v) is 10.5. The standard InChI is InChI=1S/C26H43N11O12/c27-26(28)30-6-2-4-14(23(46)34-11-20(42)36-15(7-21(43)44)24(47)37-16(12-38)25(48)49)35-19(41)10-32-17(39)8-31-18(40)9-33-22(45)13-3-1-5-29-13/h13-16,29,38H,1-12H2,(H,31,40)(H,32,39)(H,33,45)(H,34,46)(H,35,41)(H,36,42)(H,37,47)(H,43,44)(H,48,49)(H4,27,28,30)/t13-,14-,15-,16-/m0/s1. The minimum atomic E-state index is -1.77. The zero-order valence-corrected chi connectivity index (χ0v) is 26.4. The van der Waals surface area contributed by atoms with Crippen molar-refractivity contribution >= 4 is 59.2 Å². The number of aliphatic carboxylic acids is 2. The predicted octanol–water partition coefficient (Wildman–Crippen LogP) is -7.74. The quantitative estimate of drug-likeness (QED) is 0.0283. The van der Waals surface area contributed by atoms with Crippen LogP contribution in [-0.2, 0) is 43.2 Å². The van der Waals surface area contributed by atoms with E-state index in [2.05, 4.69) is 36.9 Å². The number of guanidine groups is 1. The van der Waals surface area contributed by atoms with Gasteiger partial charge in [0.2, 0.25) is 41.4 Å². The number of carbonyl (C=O) groups excluding carboxylic acids is 7. The highest BCUT2D eigenvalue weighted by Gasteiger charge is 2.29. The van der Waals surface area contributed by atoms with Gasteiger partial charge in [0.15, 0.2) is 5.96 Å². The lowest BCUT2D eigenvalue weighted by molar-refractivity contribution is -0.144. The Balaban J connectivity index is 2.66. The minimum absolute atomic E-state index is 0.0517. The Morgan fingerprint density at radius 3 is 1.84 bits per heavy atom. The zero-order chi connectivity index (χ0) is 36.9. The number of nitrogens with one attached hydrogen (secondary N) is 8. The number of aliphatic hydroxyl groups excluding tert-OH is 1. The van der Waals surface area contributed by atoms with Crippen LogP contribution in [-0.4, -0.2) is 145 Å². The third-order valence-electron chi connectivity index (χ3n) is 6.54. The number of hydrogen-bond acceptors (Lipinski definition) is 12. The number of carboxylic acid groups (broad SMARTS) is 2. The van der Waals surface area contributed by atoms with Crippen molar-refractivity contribution in [2.75, 3.05) is 45.9 Å². The van der Waals surface area contributed by atoms with Crippen LogP contribution in [0.25, 0.3) is 0 Å². The van der Waals surface area contributed by atoms with Gasteiger partial charge in [0, 0.05) is 6.54 Å². The van der Waals surface area contributed by atoms with Crippen molar-refractivity contribution in [1.29, 1.82) is 0 Å². The number of amides is 7. The number of aliphatic imine (C=N–C) groups is 1. The molecule has 1 aliphatic rings. The van der Waals surface area contributed by atoms with Gasteiger partial charge in [-0.1, -0.05) is 0 Å². The smallest absolute Gasteiger partial charge is 0.328 e. The Labute approximate surface area is 279 Å². The first-order valence-electron chi connectivity index (χ1n) is 14.9. The van der Waals surface area contributed by atoms with Crippen molar-refractivity contribution in [2.24, 2.45) is 16.5 Å². The van der Waals surface area contributed by atoms with Gasteiger partial charge in [-0.05, 0) is 32.2 Å². The Morgan fingerprint density at radius 2 is 1.31 bits per heavy atom. The van der Waals surface area contributed by atoms with E-state index in [9.17, 15) is 43.2 Å². The van der Waals surface area contributed by atoms with Crippen molar-refractivity contribution in [3.8, 4) is 0 Å². The number of carboxylic acids is 2. The summed E-state index contributed by atoms with van der Waals surface area (Å²) < 4.78 is 0. The van der Waals surface area contributed by atoms with Crippen LogP contribution >= 0.6 is 0 Å². The molecule has 7 amide bonds. The number of carbonyl (C=O) groups is 9. The molecule has 274 valence electrons. The summed E-state index contributed by atoms with van der Waals surface area (Å²) in [5, 5.41) is 45.6. The molecule has 0 unspecified atom stereocenters. The van der Waals surface area contributed by atoms with E-state index in [1.807, 2.05) is 10.6 Å². The van der Waals surface area contributed by atoms with Crippen molar-refractivity contribution in [2.45, 2.75) is 56.3 Å². The van der Waals surface area contributed by atoms with E-state index >= 15 is 0 Å². The van der Waals surface area contributed by atoms with Crippen molar-refractivity contribution in [3.05, 3.63) is 0 Å². The number of nitrogens with two attached hydrogens (primary N) is 2. The average molecular weight is 702 g/mol. The SMILES string of the molecule is NC(N)=NCCC[C@H](NC(=O)CNC(=O)CNC(=O)CNC(=O)[C@@H]1CCCN1)C(=O)NCC(=O)N[C@@H](CC(=O)O)C(=O)N[C@@H](CO)C(=O)O. The fraction of sp³-hybridized carbons (Fsp3) is 0.615. The van der Waals surface area contributed by atoms with Crippen molar-refractivity contribution < 1.29 is 58.5 Å². The molecule has 0 saturated carbocycles. The molecule has 1 heterocycles. The van der Waals surface area contributed by atoms with Gasteiger partial charge < -0.3 is 69.3 Å². The van der Waals surface area contributed by atoms with Gasteiger partial charge in [0.05, 0.1) is 45.2 Å². The van der Waals surface area contributed by atoms with Crippen molar-refractivity contribution in [3.63, 3.8) is 0 Å². The van der Waals surface area contributed by atoms with Gasteiger partial charge in [0.25, 0.3) is 0 Å². The molecular formula is C26H43N11O12. The first kappa shape index (κ1) is 41.4. The van der Waals surface area contributed by atoms with Gasteiger partial charge in [0.1, 0.15) is 18.1 Å². The first-order chi connectivity index (χ1) is 23.1. The second kappa shape index (κ2) is 22.1. The summed E-state index contributed by atoms with van der Waals surface area (Å²) in [5.74, 6) is -9.12. The van der Waals surface area contributed by atoms with Crippen LogP contribution < -0.4 is 54.0 Å². The van der Waals surface area contributed by atoms with Gasteiger partial charge in [-0.15, -0.1) is 0 Å². The molecule has 1 rings (SSSR count). The van der Waals surface area contributed by atoms with Crippen LogP contribution in [0.3, 0.4) is 0 Å². The van der Waals surface area contributed by atoms with E-state index in [0.717, 1.165) is 6.42 Å². The maximum Gasteiger partial charge on any atom is 0.328 e. The Morgan fingerprint density at radius 1 is 0.735 bits per heavy atom. The molecule has 0 spiro atoms. The maximum absolute atomic E-state index is 12.9. The first-order valence-corrected chi connectivity index (χ1v) is 14.9. The number of rotatable bonds is 22. The molecule has 0 aliphatic carbocycles. The van der Waals surface area contributed by atoms with E-state index in [1.165, 1.54) is 0 Å². The normalized spacial score (nSPS) is 15.2. The monoisotopic (exact) mass is 701 g/mol. The molecule has 1 saturated heterocycles. The van der Waals surface area contributed by atoms with Crippen LogP contribution in [0.1, 0.15) is 32.1 Å². The molecule has 49 heavy (non-hydrogen) atoms. The lowest BCUT2D eigenvalue weighted by Gasteiger charge is -2.21. The molecule has 23 heteroatoms.